The van der Waals surface area contributed by atoms with Gasteiger partial charge < -0.3 is 0 Å². The standard InChI is InChI=1S/C12H11N5/c1-8-5-6-13-12-10(8)3-4-11(15-12)17-14-7-9(2)16-17/h3-7H,1-2H3. The first-order valence-electron chi connectivity index (χ1n) is 5.36. The highest BCUT2D eigenvalue weighted by molar-refractivity contribution is 5.78. The van der Waals surface area contributed by atoms with E-state index < -0.39 is 0 Å². The van der Waals surface area contributed by atoms with Gasteiger partial charge in [-0.05, 0) is 37.6 Å². The highest BCUT2D eigenvalue weighted by Crippen LogP contribution is 2.15. The minimum Gasteiger partial charge on any atom is -0.237 e. The molecule has 3 rings (SSSR count). The third-order valence-electron chi connectivity index (χ3n) is 2.62. The second-order valence-corrected chi connectivity index (χ2v) is 3.94. The van der Waals surface area contributed by atoms with Crippen LogP contribution < -0.4 is 0 Å². The molecule has 0 atom stereocenters. The fourth-order valence-electron chi connectivity index (χ4n) is 1.72. The summed E-state index contributed by atoms with van der Waals surface area (Å²) in [5, 5.41) is 9.41. The molecule has 0 saturated carbocycles. The zero-order valence-corrected chi connectivity index (χ0v) is 9.62. The second kappa shape index (κ2) is 3.62. The molecular formula is C12H11N5. The van der Waals surface area contributed by atoms with Crippen molar-refractivity contribution in [1.29, 1.82) is 0 Å². The average Bonchev–Trinajstić information content (AvgIpc) is 2.76. The third-order valence-corrected chi connectivity index (χ3v) is 2.62. The molecule has 5 nitrogen and oxygen atoms in total. The lowest BCUT2D eigenvalue weighted by Crippen LogP contribution is -2.02. The summed E-state index contributed by atoms with van der Waals surface area (Å²) in [6.45, 7) is 3.94. The smallest absolute Gasteiger partial charge is 0.176 e. The van der Waals surface area contributed by atoms with Gasteiger partial charge >= 0.3 is 0 Å². The fourth-order valence-corrected chi connectivity index (χ4v) is 1.72. The Hall–Kier alpha value is -2.30. The zero-order valence-electron chi connectivity index (χ0n) is 9.62. The molecule has 17 heavy (non-hydrogen) atoms. The van der Waals surface area contributed by atoms with Crippen LogP contribution in [0.4, 0.5) is 0 Å². The number of fused-ring (bicyclic) bond motifs is 1. The van der Waals surface area contributed by atoms with E-state index in [-0.39, 0.29) is 0 Å². The molecule has 0 unspecified atom stereocenters. The molecule has 0 saturated heterocycles. The van der Waals surface area contributed by atoms with Crippen molar-refractivity contribution in [3.05, 3.63) is 41.9 Å². The van der Waals surface area contributed by atoms with Crippen LogP contribution in [0.3, 0.4) is 0 Å². The molecule has 0 aromatic carbocycles. The van der Waals surface area contributed by atoms with Crippen LogP contribution in [0.1, 0.15) is 11.3 Å². The molecule has 5 heteroatoms. The van der Waals surface area contributed by atoms with Gasteiger partial charge in [-0.2, -0.15) is 10.2 Å². The van der Waals surface area contributed by atoms with Gasteiger partial charge in [-0.25, -0.2) is 9.97 Å². The molecular weight excluding hydrogens is 214 g/mol. The van der Waals surface area contributed by atoms with Crippen molar-refractivity contribution in [2.24, 2.45) is 0 Å². The highest BCUT2D eigenvalue weighted by atomic mass is 15.5. The van der Waals surface area contributed by atoms with Crippen molar-refractivity contribution in [2.45, 2.75) is 13.8 Å². The van der Waals surface area contributed by atoms with E-state index in [0.29, 0.717) is 5.82 Å². The summed E-state index contributed by atoms with van der Waals surface area (Å²) in [6.07, 6.45) is 3.46. The molecule has 3 aromatic heterocycles. The van der Waals surface area contributed by atoms with E-state index in [9.17, 15) is 0 Å². The summed E-state index contributed by atoms with van der Waals surface area (Å²) in [4.78, 5) is 10.2. The Morgan fingerprint density at radius 3 is 2.76 bits per heavy atom. The lowest BCUT2D eigenvalue weighted by Gasteiger charge is -2.02. The topological polar surface area (TPSA) is 56.5 Å². The fraction of sp³-hybridized carbons (Fsp3) is 0.167. The van der Waals surface area contributed by atoms with Gasteiger partial charge in [0.25, 0.3) is 0 Å². The number of aryl methyl sites for hydroxylation is 2. The Morgan fingerprint density at radius 2 is 2.00 bits per heavy atom. The zero-order chi connectivity index (χ0) is 11.8. The van der Waals surface area contributed by atoms with E-state index in [1.54, 1.807) is 12.4 Å². The molecule has 84 valence electrons. The molecule has 3 aromatic rings. The SMILES string of the molecule is Cc1cnn(-c2ccc3c(C)ccnc3n2)n1. The Labute approximate surface area is 98.1 Å². The predicted octanol–water partition coefficient (Wildman–Crippen LogP) is 1.83. The van der Waals surface area contributed by atoms with Crippen LogP contribution in [-0.2, 0) is 0 Å². The van der Waals surface area contributed by atoms with Gasteiger partial charge in [0, 0.05) is 11.6 Å². The summed E-state index contributed by atoms with van der Waals surface area (Å²) >= 11 is 0. The monoisotopic (exact) mass is 225 g/mol. The maximum Gasteiger partial charge on any atom is 0.176 e. The lowest BCUT2D eigenvalue weighted by atomic mass is 10.2. The first kappa shape index (κ1) is 9.89. The van der Waals surface area contributed by atoms with E-state index in [1.165, 1.54) is 10.4 Å². The van der Waals surface area contributed by atoms with Crippen LogP contribution in [0.2, 0.25) is 0 Å². The van der Waals surface area contributed by atoms with Gasteiger partial charge in [-0.15, -0.1) is 4.80 Å². The Morgan fingerprint density at radius 1 is 1.12 bits per heavy atom. The van der Waals surface area contributed by atoms with Crippen molar-refractivity contribution in [2.75, 3.05) is 0 Å². The van der Waals surface area contributed by atoms with Gasteiger partial charge in [-0.3, -0.25) is 0 Å². The number of hydrogen-bond acceptors (Lipinski definition) is 4. The quantitative estimate of drug-likeness (QED) is 0.634. The maximum atomic E-state index is 4.45. The van der Waals surface area contributed by atoms with E-state index >= 15 is 0 Å². The molecule has 0 aliphatic rings. The molecule has 0 fully saturated rings. The second-order valence-electron chi connectivity index (χ2n) is 3.94. The first-order chi connectivity index (χ1) is 8.24. The first-order valence-corrected chi connectivity index (χ1v) is 5.36. The molecule has 0 spiro atoms. The molecule has 0 radical (unpaired) electrons. The van der Waals surface area contributed by atoms with Crippen molar-refractivity contribution in [3.63, 3.8) is 0 Å². The number of hydrogen-bond donors (Lipinski definition) is 0. The summed E-state index contributed by atoms with van der Waals surface area (Å²) in [5.41, 5.74) is 2.75. The van der Waals surface area contributed by atoms with Crippen LogP contribution in [0, 0.1) is 13.8 Å². The van der Waals surface area contributed by atoms with Gasteiger partial charge in [0.1, 0.15) is 0 Å². The van der Waals surface area contributed by atoms with Crippen LogP contribution in [0.5, 0.6) is 0 Å². The van der Waals surface area contributed by atoms with Crippen molar-refractivity contribution in [1.82, 2.24) is 25.0 Å². The van der Waals surface area contributed by atoms with E-state index in [2.05, 4.69) is 20.2 Å². The molecule has 0 aliphatic heterocycles. The lowest BCUT2D eigenvalue weighted by molar-refractivity contribution is 0.726. The molecule has 0 amide bonds. The predicted molar refractivity (Wildman–Crippen MR) is 63.9 cm³/mol. The number of nitrogens with zero attached hydrogens (tertiary/aromatic N) is 5. The minimum absolute atomic E-state index is 0.684. The summed E-state index contributed by atoms with van der Waals surface area (Å²) in [5.74, 6) is 0.684. The number of rotatable bonds is 1. The van der Waals surface area contributed by atoms with E-state index in [4.69, 9.17) is 0 Å². The molecule has 0 bridgehead atoms. The Bertz CT molecular complexity index is 686. The average molecular weight is 225 g/mol. The van der Waals surface area contributed by atoms with Crippen molar-refractivity contribution in [3.8, 4) is 5.82 Å². The number of pyridine rings is 2. The van der Waals surface area contributed by atoms with Gasteiger partial charge in [-0.1, -0.05) is 0 Å². The maximum absolute atomic E-state index is 4.45. The van der Waals surface area contributed by atoms with Gasteiger partial charge in [0.2, 0.25) is 0 Å². The minimum atomic E-state index is 0.684. The van der Waals surface area contributed by atoms with Gasteiger partial charge in [0.15, 0.2) is 11.5 Å². The third kappa shape index (κ3) is 1.65. The summed E-state index contributed by atoms with van der Waals surface area (Å²) < 4.78 is 0. The van der Waals surface area contributed by atoms with Crippen LogP contribution >= 0.6 is 0 Å². The highest BCUT2D eigenvalue weighted by Gasteiger charge is 2.04. The van der Waals surface area contributed by atoms with Crippen LogP contribution in [0.25, 0.3) is 16.9 Å². The molecule has 3 heterocycles. The van der Waals surface area contributed by atoms with Crippen molar-refractivity contribution >= 4 is 11.0 Å². The summed E-state index contributed by atoms with van der Waals surface area (Å²) in [6, 6.07) is 5.87. The molecule has 0 N–H and O–H groups in total. The Balaban J connectivity index is 2.20. The summed E-state index contributed by atoms with van der Waals surface area (Å²) in [7, 11) is 0. The molecule has 0 aliphatic carbocycles. The van der Waals surface area contributed by atoms with Crippen LogP contribution in [-0.4, -0.2) is 25.0 Å². The van der Waals surface area contributed by atoms with E-state index in [0.717, 1.165) is 16.7 Å². The van der Waals surface area contributed by atoms with E-state index in [1.807, 2.05) is 32.0 Å². The van der Waals surface area contributed by atoms with Crippen LogP contribution in [0.15, 0.2) is 30.6 Å². The Kier molecular flexibility index (Phi) is 2.11. The van der Waals surface area contributed by atoms with Crippen molar-refractivity contribution < 1.29 is 0 Å². The largest absolute Gasteiger partial charge is 0.237 e. The normalized spacial score (nSPS) is 10.9. The van der Waals surface area contributed by atoms with Gasteiger partial charge in [0.05, 0.1) is 11.9 Å². The number of aromatic nitrogens is 5.